The molecular weight excluding hydrogens is 148 g/mol. The third-order valence-corrected chi connectivity index (χ3v) is 1.44. The van der Waals surface area contributed by atoms with Gasteiger partial charge in [0, 0.05) is 22.5 Å². The van der Waals surface area contributed by atoms with Gasteiger partial charge in [0.15, 0.2) is 0 Å². The maximum atomic E-state index is 6.92. The van der Waals surface area contributed by atoms with Gasteiger partial charge in [0.2, 0.25) is 0 Å². The Bertz CT molecular complexity index is 258. The van der Waals surface area contributed by atoms with Gasteiger partial charge in [-0.2, -0.15) is 0 Å². The van der Waals surface area contributed by atoms with Crippen LogP contribution in [-0.2, 0) is 0 Å². The topological polar surface area (TPSA) is 49.9 Å². The number of rotatable bonds is 1. The fourth-order valence-electron chi connectivity index (χ4n) is 0.671. The van der Waals surface area contributed by atoms with Crippen LogP contribution in [0.3, 0.4) is 0 Å². The first-order chi connectivity index (χ1) is 4.74. The van der Waals surface area contributed by atoms with E-state index < -0.39 is 0 Å². The van der Waals surface area contributed by atoms with Gasteiger partial charge in [-0.15, -0.1) is 0 Å². The molecule has 0 aromatic heterocycles. The summed E-state index contributed by atoms with van der Waals surface area (Å²) in [6.45, 7) is 0. The summed E-state index contributed by atoms with van der Waals surface area (Å²) in [7, 11) is 0. The van der Waals surface area contributed by atoms with Crippen molar-refractivity contribution in [1.82, 2.24) is 0 Å². The minimum absolute atomic E-state index is 0.583. The van der Waals surface area contributed by atoms with Crippen molar-refractivity contribution in [3.8, 4) is 0 Å². The lowest BCUT2D eigenvalue weighted by Crippen LogP contribution is -1.91. The molecule has 0 saturated heterocycles. The summed E-state index contributed by atoms with van der Waals surface area (Å²) in [5, 5.41) is 7.52. The second kappa shape index (κ2) is 2.71. The predicted molar refractivity (Wildman–Crippen MR) is 43.8 cm³/mol. The van der Waals surface area contributed by atoms with E-state index in [1.807, 2.05) is 0 Å². The maximum Gasteiger partial charge on any atom is 0.0414 e. The van der Waals surface area contributed by atoms with Gasteiger partial charge in [-0.25, -0.2) is 0 Å². The van der Waals surface area contributed by atoms with Gasteiger partial charge in [0.1, 0.15) is 0 Å². The smallest absolute Gasteiger partial charge is 0.0414 e. The number of nitrogen functional groups attached to an aromatic ring is 1. The number of halogens is 1. The van der Waals surface area contributed by atoms with Gasteiger partial charge >= 0.3 is 0 Å². The molecule has 0 saturated carbocycles. The van der Waals surface area contributed by atoms with Crippen LogP contribution in [0.4, 0.5) is 5.69 Å². The first kappa shape index (κ1) is 7.09. The molecule has 0 radical (unpaired) electrons. The lowest BCUT2D eigenvalue weighted by Gasteiger charge is -1.97. The van der Waals surface area contributed by atoms with E-state index in [0.29, 0.717) is 16.3 Å². The lowest BCUT2D eigenvalue weighted by molar-refractivity contribution is 1.54. The summed E-state index contributed by atoms with van der Waals surface area (Å²) in [4.78, 5) is 0. The highest BCUT2D eigenvalue weighted by Crippen LogP contribution is 2.15. The first-order valence-electron chi connectivity index (χ1n) is 2.79. The first-order valence-corrected chi connectivity index (χ1v) is 3.17. The Balaban J connectivity index is 3.21. The van der Waals surface area contributed by atoms with E-state index in [2.05, 4.69) is 0 Å². The van der Waals surface area contributed by atoms with Crippen LogP contribution < -0.4 is 5.73 Å². The molecule has 0 aliphatic rings. The average molecular weight is 155 g/mol. The highest BCUT2D eigenvalue weighted by atomic mass is 35.5. The normalized spacial score (nSPS) is 9.30. The molecule has 3 heteroatoms. The Labute approximate surface area is 64.1 Å². The molecule has 1 aromatic rings. The highest BCUT2D eigenvalue weighted by molar-refractivity contribution is 6.31. The minimum Gasteiger partial charge on any atom is -0.398 e. The van der Waals surface area contributed by atoms with Crippen molar-refractivity contribution >= 4 is 23.5 Å². The zero-order valence-corrected chi connectivity index (χ0v) is 6.02. The van der Waals surface area contributed by atoms with Crippen molar-refractivity contribution in [2.45, 2.75) is 0 Å². The zero-order chi connectivity index (χ0) is 7.56. The Hall–Kier alpha value is -1.02. The van der Waals surface area contributed by atoms with Crippen LogP contribution in [0.25, 0.3) is 0 Å². The average Bonchev–Trinajstić information content (AvgIpc) is 1.94. The predicted octanol–water partition coefficient (Wildman–Crippen LogP) is 1.92. The van der Waals surface area contributed by atoms with Crippen molar-refractivity contribution in [3.63, 3.8) is 0 Å². The number of hydrogen-bond acceptors (Lipinski definition) is 2. The second-order valence-electron chi connectivity index (χ2n) is 1.92. The molecular formula is C7H7ClN2. The van der Waals surface area contributed by atoms with E-state index in [9.17, 15) is 0 Å². The molecule has 0 aliphatic carbocycles. The molecule has 2 nitrogen and oxygen atoms in total. The molecule has 10 heavy (non-hydrogen) atoms. The molecule has 0 atom stereocenters. The van der Waals surface area contributed by atoms with Crippen LogP contribution in [-0.4, -0.2) is 6.21 Å². The molecule has 3 N–H and O–H groups in total. The van der Waals surface area contributed by atoms with Crippen LogP contribution in [0.2, 0.25) is 5.02 Å². The van der Waals surface area contributed by atoms with Crippen molar-refractivity contribution in [2.75, 3.05) is 5.73 Å². The SMILES string of the molecule is N=Cc1cc(Cl)ccc1N. The van der Waals surface area contributed by atoms with Gasteiger partial charge in [-0.3, -0.25) is 0 Å². The quantitative estimate of drug-likeness (QED) is 0.471. The van der Waals surface area contributed by atoms with Crippen molar-refractivity contribution < 1.29 is 0 Å². The number of hydrogen-bond donors (Lipinski definition) is 2. The Morgan fingerprint density at radius 3 is 2.70 bits per heavy atom. The molecule has 1 aromatic carbocycles. The Morgan fingerprint density at radius 1 is 1.50 bits per heavy atom. The van der Waals surface area contributed by atoms with E-state index in [0.717, 1.165) is 0 Å². The second-order valence-corrected chi connectivity index (χ2v) is 2.35. The van der Waals surface area contributed by atoms with Gasteiger partial charge in [0.05, 0.1) is 0 Å². The fraction of sp³-hybridized carbons (Fsp3) is 0. The molecule has 0 aliphatic heterocycles. The molecule has 0 heterocycles. The van der Waals surface area contributed by atoms with E-state index in [1.54, 1.807) is 18.2 Å². The number of benzene rings is 1. The van der Waals surface area contributed by atoms with Gasteiger partial charge in [-0.1, -0.05) is 11.6 Å². The number of anilines is 1. The van der Waals surface area contributed by atoms with E-state index in [-0.39, 0.29) is 0 Å². The van der Waals surface area contributed by atoms with Gasteiger partial charge < -0.3 is 11.1 Å². The summed E-state index contributed by atoms with van der Waals surface area (Å²) >= 11 is 5.64. The molecule has 0 unspecified atom stereocenters. The largest absolute Gasteiger partial charge is 0.398 e. The summed E-state index contributed by atoms with van der Waals surface area (Å²) < 4.78 is 0. The van der Waals surface area contributed by atoms with Crippen LogP contribution in [0, 0.1) is 5.41 Å². The summed E-state index contributed by atoms with van der Waals surface area (Å²) in [6, 6.07) is 5.04. The van der Waals surface area contributed by atoms with Crippen LogP contribution >= 0.6 is 11.6 Å². The molecule has 0 bridgehead atoms. The van der Waals surface area contributed by atoms with Crippen molar-refractivity contribution in [2.24, 2.45) is 0 Å². The monoisotopic (exact) mass is 154 g/mol. The Kier molecular flexibility index (Phi) is 1.92. The van der Waals surface area contributed by atoms with E-state index in [1.165, 1.54) is 6.21 Å². The minimum atomic E-state index is 0.583. The van der Waals surface area contributed by atoms with Crippen LogP contribution in [0.1, 0.15) is 5.56 Å². The lowest BCUT2D eigenvalue weighted by atomic mass is 10.2. The molecule has 52 valence electrons. The fourth-order valence-corrected chi connectivity index (χ4v) is 0.851. The maximum absolute atomic E-state index is 6.92. The van der Waals surface area contributed by atoms with Crippen molar-refractivity contribution in [1.29, 1.82) is 5.41 Å². The molecule has 0 amide bonds. The highest BCUT2D eigenvalue weighted by Gasteiger charge is 1.94. The van der Waals surface area contributed by atoms with E-state index in [4.69, 9.17) is 22.7 Å². The van der Waals surface area contributed by atoms with Crippen LogP contribution in [0.15, 0.2) is 18.2 Å². The van der Waals surface area contributed by atoms with Gasteiger partial charge in [0.25, 0.3) is 0 Å². The zero-order valence-electron chi connectivity index (χ0n) is 5.26. The molecule has 0 spiro atoms. The summed E-state index contributed by atoms with van der Waals surface area (Å²) in [5.41, 5.74) is 6.73. The van der Waals surface area contributed by atoms with Gasteiger partial charge in [-0.05, 0) is 18.2 Å². The number of nitrogens with two attached hydrogens (primary N) is 1. The molecule has 0 fully saturated rings. The van der Waals surface area contributed by atoms with Crippen molar-refractivity contribution in [3.05, 3.63) is 28.8 Å². The number of nitrogens with one attached hydrogen (secondary N) is 1. The third kappa shape index (κ3) is 1.28. The third-order valence-electron chi connectivity index (χ3n) is 1.20. The standard InChI is InChI=1S/C7H7ClN2/c8-6-1-2-7(10)5(3-6)4-9/h1-4,9H,10H2. The summed E-state index contributed by atoms with van der Waals surface area (Å²) in [5.74, 6) is 0. The summed E-state index contributed by atoms with van der Waals surface area (Å²) in [6.07, 6.45) is 1.18. The molecule has 1 rings (SSSR count). The Morgan fingerprint density at radius 2 is 2.20 bits per heavy atom. The van der Waals surface area contributed by atoms with E-state index >= 15 is 0 Å². The van der Waals surface area contributed by atoms with Crippen LogP contribution in [0.5, 0.6) is 0 Å².